The molecule has 0 saturated carbocycles. The van der Waals surface area contributed by atoms with Gasteiger partial charge in [-0.1, -0.05) is 30.3 Å². The molecular formula is C24H24O4. The molecule has 2 aromatic carbocycles. The van der Waals surface area contributed by atoms with Crippen molar-refractivity contribution >= 4 is 16.9 Å². The van der Waals surface area contributed by atoms with E-state index in [1.54, 1.807) is 6.92 Å². The maximum absolute atomic E-state index is 12.8. The van der Waals surface area contributed by atoms with Crippen molar-refractivity contribution in [3.05, 3.63) is 80.7 Å². The first-order chi connectivity index (χ1) is 13.7. The number of hydrogen-bond acceptors (Lipinski definition) is 4. The van der Waals surface area contributed by atoms with E-state index in [0.29, 0.717) is 11.0 Å². The number of rotatable bonds is 5. The first-order valence-electron chi connectivity index (χ1n) is 10.00. The number of ether oxygens (including phenoxy) is 1. The minimum absolute atomic E-state index is 0.0175. The molecule has 1 heterocycles. The standard InChI is InChI=1S/C24H24O4/c1-2-27-24(26)22-15-21(25)20-14-17-10-6-7-11-18(17)19(23(20)28-22)13-12-16-8-4-3-5-9-16/h3-5,8-9,14-15H,2,6-7,10-13H2,1H3. The molecular weight excluding hydrogens is 352 g/mol. The number of aryl methyl sites for hydroxylation is 3. The number of benzene rings is 2. The Labute approximate surface area is 164 Å². The summed E-state index contributed by atoms with van der Waals surface area (Å²) in [5.74, 6) is -0.607. The van der Waals surface area contributed by atoms with Crippen LogP contribution < -0.4 is 5.43 Å². The average Bonchev–Trinajstić information content (AvgIpc) is 2.72. The van der Waals surface area contributed by atoms with Gasteiger partial charge in [-0.25, -0.2) is 4.79 Å². The minimum Gasteiger partial charge on any atom is -0.460 e. The van der Waals surface area contributed by atoms with Crippen LogP contribution in [-0.2, 0) is 30.4 Å². The highest BCUT2D eigenvalue weighted by Gasteiger charge is 2.21. The summed E-state index contributed by atoms with van der Waals surface area (Å²) < 4.78 is 11.0. The molecule has 0 aliphatic heterocycles. The fourth-order valence-electron chi connectivity index (χ4n) is 4.09. The lowest BCUT2D eigenvalue weighted by Crippen LogP contribution is -2.14. The second kappa shape index (κ2) is 8.01. The third-order valence-corrected chi connectivity index (χ3v) is 5.43. The maximum atomic E-state index is 12.8. The summed E-state index contributed by atoms with van der Waals surface area (Å²) in [6.45, 7) is 1.98. The van der Waals surface area contributed by atoms with Crippen LogP contribution >= 0.6 is 0 Å². The van der Waals surface area contributed by atoms with E-state index in [4.69, 9.17) is 9.15 Å². The lowest BCUT2D eigenvalue weighted by Gasteiger charge is -2.21. The SMILES string of the molecule is CCOC(=O)c1cc(=O)c2cc3c(c(CCc4ccccc4)c2o1)CCCC3. The molecule has 1 aliphatic rings. The molecule has 28 heavy (non-hydrogen) atoms. The molecule has 0 amide bonds. The summed E-state index contributed by atoms with van der Waals surface area (Å²) in [5, 5.41) is 0.566. The van der Waals surface area contributed by atoms with E-state index in [9.17, 15) is 9.59 Å². The van der Waals surface area contributed by atoms with Crippen LogP contribution in [0.4, 0.5) is 0 Å². The van der Waals surface area contributed by atoms with Gasteiger partial charge in [0, 0.05) is 6.07 Å². The lowest BCUT2D eigenvalue weighted by atomic mass is 9.85. The van der Waals surface area contributed by atoms with Crippen LogP contribution in [0.3, 0.4) is 0 Å². The molecule has 0 spiro atoms. The molecule has 0 saturated heterocycles. The molecule has 144 valence electrons. The van der Waals surface area contributed by atoms with Gasteiger partial charge >= 0.3 is 5.97 Å². The highest BCUT2D eigenvalue weighted by molar-refractivity contribution is 5.90. The van der Waals surface area contributed by atoms with E-state index in [-0.39, 0.29) is 17.8 Å². The van der Waals surface area contributed by atoms with Gasteiger partial charge in [-0.3, -0.25) is 4.79 Å². The van der Waals surface area contributed by atoms with E-state index < -0.39 is 5.97 Å². The van der Waals surface area contributed by atoms with Crippen molar-refractivity contribution in [2.24, 2.45) is 0 Å². The quantitative estimate of drug-likeness (QED) is 0.609. The first-order valence-corrected chi connectivity index (χ1v) is 10.00. The first kappa shape index (κ1) is 18.5. The van der Waals surface area contributed by atoms with Crippen LogP contribution in [0.15, 0.2) is 51.7 Å². The van der Waals surface area contributed by atoms with Gasteiger partial charge in [0.1, 0.15) is 5.58 Å². The largest absolute Gasteiger partial charge is 0.460 e. The van der Waals surface area contributed by atoms with Crippen molar-refractivity contribution in [1.29, 1.82) is 0 Å². The molecule has 0 bridgehead atoms. The number of hydrogen-bond donors (Lipinski definition) is 0. The molecule has 0 radical (unpaired) electrons. The van der Waals surface area contributed by atoms with Crippen molar-refractivity contribution in [2.75, 3.05) is 6.61 Å². The number of carbonyl (C=O) groups excluding carboxylic acids is 1. The molecule has 0 atom stereocenters. The van der Waals surface area contributed by atoms with Crippen LogP contribution in [0.25, 0.3) is 11.0 Å². The van der Waals surface area contributed by atoms with Gasteiger partial charge in [0.2, 0.25) is 5.76 Å². The maximum Gasteiger partial charge on any atom is 0.374 e. The van der Waals surface area contributed by atoms with Gasteiger partial charge < -0.3 is 9.15 Å². The summed E-state index contributed by atoms with van der Waals surface area (Å²) in [6.07, 6.45) is 5.89. The van der Waals surface area contributed by atoms with Crippen LogP contribution in [0.1, 0.15) is 52.6 Å². The number of esters is 1. The zero-order valence-corrected chi connectivity index (χ0v) is 16.1. The molecule has 4 rings (SSSR count). The molecule has 4 heteroatoms. The molecule has 3 aromatic rings. The predicted molar refractivity (Wildman–Crippen MR) is 109 cm³/mol. The molecule has 1 aliphatic carbocycles. The average molecular weight is 376 g/mol. The van der Waals surface area contributed by atoms with Crippen LogP contribution in [0, 0.1) is 0 Å². The van der Waals surface area contributed by atoms with Gasteiger partial charge in [-0.05, 0) is 73.8 Å². The van der Waals surface area contributed by atoms with Crippen LogP contribution in [0.5, 0.6) is 0 Å². The van der Waals surface area contributed by atoms with Gasteiger partial charge in [0.15, 0.2) is 5.43 Å². The van der Waals surface area contributed by atoms with Crippen molar-refractivity contribution in [1.82, 2.24) is 0 Å². The Kier molecular flexibility index (Phi) is 5.29. The minimum atomic E-state index is -0.590. The summed E-state index contributed by atoms with van der Waals surface area (Å²) in [7, 11) is 0. The zero-order chi connectivity index (χ0) is 19.5. The van der Waals surface area contributed by atoms with E-state index in [2.05, 4.69) is 12.1 Å². The van der Waals surface area contributed by atoms with E-state index in [0.717, 1.165) is 44.1 Å². The smallest absolute Gasteiger partial charge is 0.374 e. The van der Waals surface area contributed by atoms with Crippen molar-refractivity contribution in [3.63, 3.8) is 0 Å². The Morgan fingerprint density at radius 3 is 2.64 bits per heavy atom. The van der Waals surface area contributed by atoms with Gasteiger partial charge in [-0.2, -0.15) is 0 Å². The zero-order valence-electron chi connectivity index (χ0n) is 16.1. The topological polar surface area (TPSA) is 56.5 Å². The Morgan fingerprint density at radius 1 is 1.07 bits per heavy atom. The summed E-state index contributed by atoms with van der Waals surface area (Å²) in [5.41, 5.74) is 5.22. The third kappa shape index (κ3) is 3.59. The molecule has 4 nitrogen and oxygen atoms in total. The van der Waals surface area contributed by atoms with E-state index in [1.807, 2.05) is 24.3 Å². The molecule has 0 fully saturated rings. The second-order valence-electron chi connectivity index (χ2n) is 7.26. The molecule has 0 unspecified atom stereocenters. The van der Waals surface area contributed by atoms with Gasteiger partial charge in [-0.15, -0.1) is 0 Å². The summed E-state index contributed by atoms with van der Waals surface area (Å²) >= 11 is 0. The van der Waals surface area contributed by atoms with Crippen LogP contribution in [-0.4, -0.2) is 12.6 Å². The fourth-order valence-corrected chi connectivity index (χ4v) is 4.09. The molecule has 0 N–H and O–H groups in total. The van der Waals surface area contributed by atoms with Gasteiger partial charge in [0.05, 0.1) is 12.0 Å². The fraction of sp³-hybridized carbons (Fsp3) is 0.333. The second-order valence-corrected chi connectivity index (χ2v) is 7.26. The lowest BCUT2D eigenvalue weighted by molar-refractivity contribution is 0.0490. The Bertz CT molecular complexity index is 1060. The third-order valence-electron chi connectivity index (χ3n) is 5.43. The Balaban J connectivity index is 1.85. The highest BCUT2D eigenvalue weighted by atomic mass is 16.5. The Hall–Kier alpha value is -2.88. The summed E-state index contributed by atoms with van der Waals surface area (Å²) in [4.78, 5) is 24.9. The normalized spacial score (nSPS) is 13.3. The highest BCUT2D eigenvalue weighted by Crippen LogP contribution is 2.32. The van der Waals surface area contributed by atoms with Crippen molar-refractivity contribution in [3.8, 4) is 0 Å². The predicted octanol–water partition coefficient (Wildman–Crippen LogP) is 4.63. The van der Waals surface area contributed by atoms with E-state index >= 15 is 0 Å². The molecule has 1 aromatic heterocycles. The van der Waals surface area contributed by atoms with Gasteiger partial charge in [0.25, 0.3) is 0 Å². The van der Waals surface area contributed by atoms with E-state index in [1.165, 1.54) is 22.8 Å². The summed E-state index contributed by atoms with van der Waals surface area (Å²) in [6, 6.07) is 13.5. The Morgan fingerprint density at radius 2 is 1.86 bits per heavy atom. The monoisotopic (exact) mass is 376 g/mol. The van der Waals surface area contributed by atoms with Crippen molar-refractivity contribution < 1.29 is 13.9 Å². The number of fused-ring (bicyclic) bond motifs is 2. The van der Waals surface area contributed by atoms with Crippen molar-refractivity contribution in [2.45, 2.75) is 45.4 Å². The number of carbonyl (C=O) groups is 1. The van der Waals surface area contributed by atoms with Crippen LogP contribution in [0.2, 0.25) is 0 Å².